The van der Waals surface area contributed by atoms with E-state index < -0.39 is 10.8 Å². The van der Waals surface area contributed by atoms with Crippen molar-refractivity contribution in [3.8, 4) is 0 Å². The molecule has 1 aromatic rings. The van der Waals surface area contributed by atoms with Crippen molar-refractivity contribution in [2.24, 2.45) is 0 Å². The maximum atomic E-state index is 10.8. The molecule has 0 saturated carbocycles. The van der Waals surface area contributed by atoms with Crippen LogP contribution in [-0.4, -0.2) is 33.0 Å². The van der Waals surface area contributed by atoms with Gasteiger partial charge in [0.25, 0.3) is 5.56 Å². The Kier molecular flexibility index (Phi) is 4.31. The second kappa shape index (κ2) is 5.54. The summed E-state index contributed by atoms with van der Waals surface area (Å²) >= 11 is 0. The predicted molar refractivity (Wildman–Crippen MR) is 56.9 cm³/mol. The summed E-state index contributed by atoms with van der Waals surface area (Å²) in [6.45, 7) is 0.699. The number of anilines is 1. The molecular formula is C8H13N3O2S. The van der Waals surface area contributed by atoms with Crippen LogP contribution >= 0.6 is 0 Å². The molecule has 0 radical (unpaired) electrons. The third-order valence-electron chi connectivity index (χ3n) is 1.60. The Bertz CT molecular complexity index is 364. The molecule has 1 unspecified atom stereocenters. The van der Waals surface area contributed by atoms with Gasteiger partial charge in [-0.1, -0.05) is 0 Å². The largest absolute Gasteiger partial charge is 0.384 e. The minimum atomic E-state index is -0.751. The maximum absolute atomic E-state index is 10.8. The standard InChI is InChI=1S/C8H13N3O2S/c1-14(13)4-2-3-9-7-5-8(12)11-10-6-7/h5-6H,2-4H2,1H3,(H2,9,11,12). The summed E-state index contributed by atoms with van der Waals surface area (Å²) in [4.78, 5) is 10.8. The normalized spacial score (nSPS) is 12.4. The summed E-state index contributed by atoms with van der Waals surface area (Å²) in [6, 6.07) is 1.44. The van der Waals surface area contributed by atoms with Crippen LogP contribution in [0.3, 0.4) is 0 Å². The second-order valence-electron chi connectivity index (χ2n) is 2.89. The molecule has 14 heavy (non-hydrogen) atoms. The number of aromatic nitrogens is 2. The van der Waals surface area contributed by atoms with E-state index in [9.17, 15) is 9.00 Å². The topological polar surface area (TPSA) is 74.8 Å². The Morgan fingerprint density at radius 2 is 2.43 bits per heavy atom. The molecule has 5 nitrogen and oxygen atoms in total. The fraction of sp³-hybridized carbons (Fsp3) is 0.500. The number of nitrogens with one attached hydrogen (secondary N) is 2. The average molecular weight is 215 g/mol. The SMILES string of the molecule is CS(=O)CCCNc1cn[nH]c(=O)c1. The van der Waals surface area contributed by atoms with E-state index in [2.05, 4.69) is 15.5 Å². The van der Waals surface area contributed by atoms with Crippen molar-refractivity contribution in [3.63, 3.8) is 0 Å². The highest BCUT2D eigenvalue weighted by Crippen LogP contribution is 1.98. The van der Waals surface area contributed by atoms with E-state index in [1.807, 2.05) is 0 Å². The monoisotopic (exact) mass is 215 g/mol. The lowest BCUT2D eigenvalue weighted by atomic mass is 10.4. The molecule has 1 rings (SSSR count). The van der Waals surface area contributed by atoms with Crippen LogP contribution in [0.1, 0.15) is 6.42 Å². The van der Waals surface area contributed by atoms with Gasteiger partial charge in [-0.3, -0.25) is 9.00 Å². The van der Waals surface area contributed by atoms with Gasteiger partial charge < -0.3 is 5.32 Å². The van der Waals surface area contributed by atoms with Gasteiger partial charge in [-0.25, -0.2) is 5.10 Å². The van der Waals surface area contributed by atoms with E-state index in [1.165, 1.54) is 6.07 Å². The number of hydrogen-bond acceptors (Lipinski definition) is 4. The summed E-state index contributed by atoms with van der Waals surface area (Å²) in [6.07, 6.45) is 4.04. The van der Waals surface area contributed by atoms with Crippen LogP contribution in [0.5, 0.6) is 0 Å². The van der Waals surface area contributed by atoms with E-state index in [1.54, 1.807) is 12.5 Å². The van der Waals surface area contributed by atoms with Gasteiger partial charge in [0.05, 0.1) is 11.9 Å². The highest BCUT2D eigenvalue weighted by molar-refractivity contribution is 7.84. The molecule has 0 aliphatic carbocycles. The molecule has 78 valence electrons. The van der Waals surface area contributed by atoms with Crippen molar-refractivity contribution in [3.05, 3.63) is 22.6 Å². The first-order valence-electron chi connectivity index (χ1n) is 4.27. The van der Waals surface area contributed by atoms with Gasteiger partial charge in [-0.05, 0) is 6.42 Å². The second-order valence-corrected chi connectivity index (χ2v) is 4.45. The molecular weight excluding hydrogens is 202 g/mol. The summed E-state index contributed by atoms with van der Waals surface area (Å²) in [5.41, 5.74) is 0.463. The first-order valence-corrected chi connectivity index (χ1v) is 6.00. The number of rotatable bonds is 5. The zero-order valence-electron chi connectivity index (χ0n) is 7.95. The summed E-state index contributed by atoms with van der Waals surface area (Å²) < 4.78 is 10.7. The average Bonchev–Trinajstić information content (AvgIpc) is 2.12. The van der Waals surface area contributed by atoms with Crippen molar-refractivity contribution in [2.75, 3.05) is 23.9 Å². The third kappa shape index (κ3) is 4.18. The third-order valence-corrected chi connectivity index (χ3v) is 2.47. The van der Waals surface area contributed by atoms with Crippen LogP contribution in [0.25, 0.3) is 0 Å². The number of H-pyrrole nitrogens is 1. The fourth-order valence-electron chi connectivity index (χ4n) is 0.981. The van der Waals surface area contributed by atoms with E-state index >= 15 is 0 Å². The molecule has 0 aliphatic heterocycles. The van der Waals surface area contributed by atoms with Crippen LogP contribution < -0.4 is 10.9 Å². The minimum absolute atomic E-state index is 0.228. The molecule has 1 heterocycles. The Morgan fingerprint density at radius 3 is 3.07 bits per heavy atom. The molecule has 1 atom stereocenters. The van der Waals surface area contributed by atoms with Crippen molar-refractivity contribution in [1.82, 2.24) is 10.2 Å². The summed E-state index contributed by atoms with van der Waals surface area (Å²) in [5.74, 6) is 0.670. The molecule has 0 aliphatic rings. The van der Waals surface area contributed by atoms with Gasteiger partial charge in [-0.2, -0.15) is 5.10 Å². The first-order chi connectivity index (χ1) is 6.68. The highest BCUT2D eigenvalue weighted by atomic mass is 32.2. The van der Waals surface area contributed by atoms with Crippen LogP contribution in [-0.2, 0) is 10.8 Å². The van der Waals surface area contributed by atoms with Crippen LogP contribution in [0, 0.1) is 0 Å². The van der Waals surface area contributed by atoms with Crippen molar-refractivity contribution in [1.29, 1.82) is 0 Å². The number of hydrogen-bond donors (Lipinski definition) is 2. The van der Waals surface area contributed by atoms with E-state index in [0.29, 0.717) is 18.0 Å². The van der Waals surface area contributed by atoms with Gasteiger partial charge >= 0.3 is 0 Å². The molecule has 0 amide bonds. The van der Waals surface area contributed by atoms with Gasteiger partial charge in [0.15, 0.2) is 0 Å². The van der Waals surface area contributed by atoms with Crippen LogP contribution in [0.15, 0.2) is 17.1 Å². The lowest BCUT2D eigenvalue weighted by Crippen LogP contribution is -2.11. The van der Waals surface area contributed by atoms with Gasteiger partial charge in [0, 0.05) is 35.4 Å². The summed E-state index contributed by atoms with van der Waals surface area (Å²) in [7, 11) is -0.751. The minimum Gasteiger partial charge on any atom is -0.384 e. The van der Waals surface area contributed by atoms with Crippen molar-refractivity contribution < 1.29 is 4.21 Å². The quantitative estimate of drug-likeness (QED) is 0.675. The fourth-order valence-corrected chi connectivity index (χ4v) is 1.53. The Labute approximate surface area is 84.4 Å². The van der Waals surface area contributed by atoms with Crippen LogP contribution in [0.4, 0.5) is 5.69 Å². The molecule has 0 aromatic carbocycles. The number of nitrogens with zero attached hydrogens (tertiary/aromatic N) is 1. The maximum Gasteiger partial charge on any atom is 0.266 e. The molecule has 0 bridgehead atoms. The molecule has 0 spiro atoms. The highest BCUT2D eigenvalue weighted by Gasteiger charge is 1.94. The summed E-state index contributed by atoms with van der Waals surface area (Å²) in [5, 5.41) is 8.95. The lowest BCUT2D eigenvalue weighted by molar-refractivity contribution is 0.685. The Balaban J connectivity index is 2.31. The zero-order valence-corrected chi connectivity index (χ0v) is 8.76. The lowest BCUT2D eigenvalue weighted by Gasteiger charge is -2.03. The van der Waals surface area contributed by atoms with Gasteiger partial charge in [-0.15, -0.1) is 0 Å². The zero-order chi connectivity index (χ0) is 10.4. The Morgan fingerprint density at radius 1 is 1.64 bits per heavy atom. The molecule has 2 N–H and O–H groups in total. The number of aromatic amines is 1. The van der Waals surface area contributed by atoms with Crippen LogP contribution in [0.2, 0.25) is 0 Å². The molecule has 0 fully saturated rings. The molecule has 1 aromatic heterocycles. The molecule has 6 heteroatoms. The first kappa shape index (κ1) is 10.9. The van der Waals surface area contributed by atoms with Gasteiger partial charge in [0.2, 0.25) is 0 Å². The van der Waals surface area contributed by atoms with E-state index in [-0.39, 0.29) is 5.56 Å². The smallest absolute Gasteiger partial charge is 0.266 e. The Hall–Kier alpha value is -1.17. The van der Waals surface area contributed by atoms with E-state index in [4.69, 9.17) is 0 Å². The van der Waals surface area contributed by atoms with Gasteiger partial charge in [0.1, 0.15) is 0 Å². The van der Waals surface area contributed by atoms with Crippen molar-refractivity contribution >= 4 is 16.5 Å². The molecule has 0 saturated heterocycles. The van der Waals surface area contributed by atoms with Crippen molar-refractivity contribution in [2.45, 2.75) is 6.42 Å². The van der Waals surface area contributed by atoms with E-state index in [0.717, 1.165) is 6.42 Å². The predicted octanol–water partition coefficient (Wildman–Crippen LogP) is -0.0496.